The molecule has 2 amide bonds. The Bertz CT molecular complexity index is 1470. The van der Waals surface area contributed by atoms with E-state index in [1.165, 1.54) is 0 Å². The van der Waals surface area contributed by atoms with Crippen molar-refractivity contribution < 1.29 is 14.3 Å². The molecule has 0 bridgehead atoms. The summed E-state index contributed by atoms with van der Waals surface area (Å²) >= 11 is 0. The summed E-state index contributed by atoms with van der Waals surface area (Å²) < 4.78 is 7.44. The zero-order valence-electron chi connectivity index (χ0n) is 21.2. The Morgan fingerprint density at radius 2 is 1.86 bits per heavy atom. The van der Waals surface area contributed by atoms with E-state index in [0.29, 0.717) is 35.4 Å². The van der Waals surface area contributed by atoms with Crippen LogP contribution < -0.4 is 4.74 Å². The third-order valence-electron chi connectivity index (χ3n) is 6.16. The Hall–Kier alpha value is -4.70. The number of ether oxygens (including phenoxy) is 1. The van der Waals surface area contributed by atoms with Gasteiger partial charge in [0.2, 0.25) is 0 Å². The number of nitrogens with zero attached hydrogens (tertiary/aromatic N) is 4. The molecule has 0 N–H and O–H groups in total. The van der Waals surface area contributed by atoms with E-state index in [9.17, 15) is 14.9 Å². The lowest BCUT2D eigenvalue weighted by molar-refractivity contribution is -0.140. The van der Waals surface area contributed by atoms with Crippen molar-refractivity contribution in [1.82, 2.24) is 14.7 Å². The van der Waals surface area contributed by atoms with Gasteiger partial charge in [0.1, 0.15) is 29.7 Å². The molecule has 0 spiro atoms. The molecule has 186 valence electrons. The van der Waals surface area contributed by atoms with Gasteiger partial charge in [-0.05, 0) is 67.8 Å². The maximum atomic E-state index is 13.4. The van der Waals surface area contributed by atoms with E-state index in [1.807, 2.05) is 74.6 Å². The van der Waals surface area contributed by atoms with Gasteiger partial charge in [-0.25, -0.2) is 4.68 Å². The first-order chi connectivity index (χ1) is 17.9. The molecule has 0 atom stereocenters. The fourth-order valence-corrected chi connectivity index (χ4v) is 4.27. The van der Waals surface area contributed by atoms with E-state index < -0.39 is 11.8 Å². The summed E-state index contributed by atoms with van der Waals surface area (Å²) in [5.41, 5.74) is 4.70. The Morgan fingerprint density at radius 3 is 2.51 bits per heavy atom. The van der Waals surface area contributed by atoms with Crippen molar-refractivity contribution in [3.8, 4) is 28.8 Å². The molecule has 2 heterocycles. The second-order valence-electron chi connectivity index (χ2n) is 8.72. The van der Waals surface area contributed by atoms with Crippen LogP contribution in [0.1, 0.15) is 31.4 Å². The Morgan fingerprint density at radius 1 is 1.11 bits per heavy atom. The van der Waals surface area contributed by atoms with E-state index in [-0.39, 0.29) is 12.1 Å². The fourth-order valence-electron chi connectivity index (χ4n) is 4.27. The molecule has 4 rings (SSSR count). The van der Waals surface area contributed by atoms with Crippen LogP contribution in [0.3, 0.4) is 0 Å². The second kappa shape index (κ2) is 10.9. The van der Waals surface area contributed by atoms with Crippen molar-refractivity contribution in [3.05, 3.63) is 95.2 Å². The Labute approximate surface area is 216 Å². The van der Waals surface area contributed by atoms with Gasteiger partial charge in [0.25, 0.3) is 11.8 Å². The molecule has 0 saturated carbocycles. The minimum Gasteiger partial charge on any atom is -0.490 e. The van der Waals surface area contributed by atoms with Gasteiger partial charge in [0, 0.05) is 29.4 Å². The van der Waals surface area contributed by atoms with Crippen LogP contribution in [0.5, 0.6) is 5.75 Å². The van der Waals surface area contributed by atoms with Gasteiger partial charge < -0.3 is 4.74 Å². The van der Waals surface area contributed by atoms with Crippen molar-refractivity contribution in [2.24, 2.45) is 0 Å². The molecule has 0 fully saturated rings. The monoisotopic (exact) mass is 492 g/mol. The number of benzene rings is 2. The molecule has 0 unspecified atom stereocenters. The summed E-state index contributed by atoms with van der Waals surface area (Å²) in [5.74, 6) is -0.237. The number of hydrogen-bond acceptors (Lipinski definition) is 5. The van der Waals surface area contributed by atoms with E-state index in [1.54, 1.807) is 23.8 Å². The van der Waals surface area contributed by atoms with Crippen molar-refractivity contribution in [3.63, 3.8) is 0 Å². The number of rotatable bonds is 8. The maximum absolute atomic E-state index is 13.4. The third-order valence-corrected chi connectivity index (χ3v) is 6.16. The highest BCUT2D eigenvalue weighted by molar-refractivity contribution is 6.19. The summed E-state index contributed by atoms with van der Waals surface area (Å²) in [6, 6.07) is 17.4. The van der Waals surface area contributed by atoms with Crippen molar-refractivity contribution in [1.29, 1.82) is 5.26 Å². The van der Waals surface area contributed by atoms with Crippen LogP contribution in [0.15, 0.2) is 84.1 Å². The molecule has 7 heteroatoms. The van der Waals surface area contributed by atoms with Gasteiger partial charge in [0.15, 0.2) is 0 Å². The molecule has 1 aliphatic rings. The lowest BCUT2D eigenvalue weighted by Crippen LogP contribution is -2.43. The molecule has 0 saturated heterocycles. The number of carbonyl (C=O) groups is 2. The van der Waals surface area contributed by atoms with E-state index in [4.69, 9.17) is 9.84 Å². The number of imide groups is 1. The number of carbonyl (C=O) groups excluding carboxylic acids is 2. The predicted octanol–water partition coefficient (Wildman–Crippen LogP) is 5.41. The van der Waals surface area contributed by atoms with Crippen LogP contribution in [-0.2, 0) is 9.59 Å². The first-order valence-corrected chi connectivity index (χ1v) is 12.1. The van der Waals surface area contributed by atoms with Crippen LogP contribution in [0.4, 0.5) is 0 Å². The standard InChI is InChI=1S/C30H28N4O3/c1-5-14-33-29(35)26(21(4)27(18-31)30(33)36)17-22-19-34(23-10-8-7-9-11-23)32-28(22)25-13-12-24(16-20(25)3)37-15-6-2/h6-13,16-17,19H,2,5,14-15H2,1,3-4H3/b26-17-. The average molecular weight is 493 g/mol. The first kappa shape index (κ1) is 25.4. The highest BCUT2D eigenvalue weighted by atomic mass is 16.5. The SMILES string of the molecule is C=CCOc1ccc(-c2nn(-c3ccccc3)cc2/C=C2\C(=O)N(CCC)C(=O)C(C#N)=C2C)c(C)c1. The zero-order valence-corrected chi connectivity index (χ0v) is 21.2. The van der Waals surface area contributed by atoms with Crippen LogP contribution in [0.25, 0.3) is 23.0 Å². The molecule has 1 aromatic heterocycles. The highest BCUT2D eigenvalue weighted by Crippen LogP contribution is 2.33. The normalized spacial score (nSPS) is 14.8. The van der Waals surface area contributed by atoms with Crippen LogP contribution >= 0.6 is 0 Å². The van der Waals surface area contributed by atoms with E-state index in [2.05, 4.69) is 6.58 Å². The molecule has 37 heavy (non-hydrogen) atoms. The van der Waals surface area contributed by atoms with Gasteiger partial charge in [0.05, 0.1) is 5.69 Å². The van der Waals surface area contributed by atoms with E-state index >= 15 is 0 Å². The molecular formula is C30H28N4O3. The third kappa shape index (κ3) is 5.00. The van der Waals surface area contributed by atoms with E-state index in [0.717, 1.165) is 27.5 Å². The zero-order chi connectivity index (χ0) is 26.5. The second-order valence-corrected chi connectivity index (χ2v) is 8.72. The smallest absolute Gasteiger partial charge is 0.271 e. The first-order valence-electron chi connectivity index (χ1n) is 12.1. The quantitative estimate of drug-likeness (QED) is 0.238. The summed E-state index contributed by atoms with van der Waals surface area (Å²) in [7, 11) is 0. The van der Waals surface area contributed by atoms with Gasteiger partial charge in [-0.3, -0.25) is 14.5 Å². The number of hydrogen-bond donors (Lipinski definition) is 0. The van der Waals surface area contributed by atoms with Gasteiger partial charge in [-0.2, -0.15) is 10.4 Å². The number of aryl methyl sites for hydroxylation is 1. The van der Waals surface area contributed by atoms with Gasteiger partial charge in [-0.15, -0.1) is 0 Å². The summed E-state index contributed by atoms with van der Waals surface area (Å²) in [6.45, 7) is 9.83. The average Bonchev–Trinajstić information content (AvgIpc) is 3.32. The molecule has 3 aromatic rings. The predicted molar refractivity (Wildman–Crippen MR) is 143 cm³/mol. The molecule has 0 aliphatic carbocycles. The maximum Gasteiger partial charge on any atom is 0.271 e. The molecule has 2 aromatic carbocycles. The summed E-state index contributed by atoms with van der Waals surface area (Å²) in [5, 5.41) is 14.5. The summed E-state index contributed by atoms with van der Waals surface area (Å²) in [6.07, 6.45) is 5.87. The Kier molecular flexibility index (Phi) is 7.49. The van der Waals surface area contributed by atoms with Crippen LogP contribution in [0, 0.1) is 18.3 Å². The molecule has 0 radical (unpaired) electrons. The van der Waals surface area contributed by atoms with Gasteiger partial charge in [-0.1, -0.05) is 37.8 Å². The fraction of sp³-hybridized carbons (Fsp3) is 0.200. The lowest BCUT2D eigenvalue weighted by atomic mass is 9.92. The van der Waals surface area contributed by atoms with Crippen molar-refractivity contribution in [2.45, 2.75) is 27.2 Å². The lowest BCUT2D eigenvalue weighted by Gasteiger charge is -2.27. The molecule has 7 nitrogen and oxygen atoms in total. The number of nitriles is 1. The van der Waals surface area contributed by atoms with Gasteiger partial charge >= 0.3 is 0 Å². The number of aromatic nitrogens is 2. The number of amides is 2. The Balaban J connectivity index is 1.90. The van der Waals surface area contributed by atoms with Crippen LogP contribution in [-0.4, -0.2) is 39.6 Å². The molecule has 1 aliphatic heterocycles. The highest BCUT2D eigenvalue weighted by Gasteiger charge is 2.35. The molecular weight excluding hydrogens is 464 g/mol. The largest absolute Gasteiger partial charge is 0.490 e. The summed E-state index contributed by atoms with van der Waals surface area (Å²) in [4.78, 5) is 27.3. The van der Waals surface area contributed by atoms with Crippen LogP contribution in [0.2, 0.25) is 0 Å². The minimum atomic E-state index is -0.546. The van der Waals surface area contributed by atoms with Crippen molar-refractivity contribution >= 4 is 17.9 Å². The topological polar surface area (TPSA) is 88.2 Å². The number of para-hydroxylation sites is 1. The minimum absolute atomic E-state index is 0.0174. The van der Waals surface area contributed by atoms with Crippen molar-refractivity contribution in [2.75, 3.05) is 13.2 Å².